The van der Waals surface area contributed by atoms with Gasteiger partial charge >= 0.3 is 0 Å². The topological polar surface area (TPSA) is 38.9 Å². The summed E-state index contributed by atoms with van der Waals surface area (Å²) in [6.45, 7) is 9.76. The summed E-state index contributed by atoms with van der Waals surface area (Å²) in [4.78, 5) is 11.1. The van der Waals surface area contributed by atoms with E-state index in [2.05, 4.69) is 11.1 Å². The largest absolute Gasteiger partial charge is 0.437 e. The van der Waals surface area contributed by atoms with E-state index in [0.29, 0.717) is 5.71 Å². The molecule has 4 heteroatoms. The average Bonchev–Trinajstić information content (AvgIpc) is 3.24. The zero-order chi connectivity index (χ0) is 22.1. The molecule has 0 N–H and O–H groups in total. The summed E-state index contributed by atoms with van der Waals surface area (Å²) < 4.78 is 23.6. The van der Waals surface area contributed by atoms with Gasteiger partial charge < -0.3 is 4.42 Å². The second kappa shape index (κ2) is 6.39. The third-order valence-corrected chi connectivity index (χ3v) is 6.19. The van der Waals surface area contributed by atoms with Crippen molar-refractivity contribution in [1.82, 2.24) is 9.97 Å². The van der Waals surface area contributed by atoms with E-state index in [4.69, 9.17) is 12.1 Å². The third kappa shape index (κ3) is 3.12. The first-order valence-electron chi connectivity index (χ1n) is 10.8. The van der Waals surface area contributed by atoms with E-state index in [-0.39, 0.29) is 0 Å². The molecule has 0 bridgehead atoms. The molecule has 0 spiro atoms. The Kier molecular flexibility index (Phi) is 3.55. The van der Waals surface area contributed by atoms with Crippen LogP contribution in [-0.2, 0) is 6.37 Å². The van der Waals surface area contributed by atoms with Crippen molar-refractivity contribution in [3.63, 3.8) is 0 Å². The zero-order valence-electron chi connectivity index (χ0n) is 19.3. The monoisotopic (exact) mass is 402 g/mol. The highest BCUT2D eigenvalue weighted by molar-refractivity contribution is 7.18. The Morgan fingerprint density at radius 2 is 1.76 bits per heavy atom. The predicted molar refractivity (Wildman–Crippen MR) is 123 cm³/mol. The Morgan fingerprint density at radius 1 is 0.966 bits per heavy atom. The summed E-state index contributed by atoms with van der Waals surface area (Å²) in [6.07, 6.45) is -1.44. The van der Waals surface area contributed by atoms with Crippen molar-refractivity contribution in [2.45, 2.75) is 41.0 Å². The molecule has 0 saturated heterocycles. The molecule has 0 fully saturated rings. The van der Waals surface area contributed by atoms with Gasteiger partial charge in [0.15, 0.2) is 0 Å². The quantitative estimate of drug-likeness (QED) is 0.307. The minimum Gasteiger partial charge on any atom is -0.437 e. The van der Waals surface area contributed by atoms with Crippen molar-refractivity contribution in [1.29, 1.82) is 0 Å². The van der Waals surface area contributed by atoms with Crippen molar-refractivity contribution in [3.8, 4) is 11.3 Å². The number of hydrogen-bond donors (Lipinski definition) is 0. The summed E-state index contributed by atoms with van der Waals surface area (Å²) in [5, 5.41) is 3.02. The van der Waals surface area contributed by atoms with Gasteiger partial charge in [0, 0.05) is 35.0 Å². The maximum atomic E-state index is 8.72. The number of aromatic nitrogens is 2. The molecule has 4 heterocycles. The molecule has 0 aliphatic heterocycles. The van der Waals surface area contributed by atoms with Crippen LogP contribution in [0.3, 0.4) is 0 Å². The van der Waals surface area contributed by atoms with Gasteiger partial charge in [-0.05, 0) is 61.5 Å². The van der Waals surface area contributed by atoms with Crippen LogP contribution in [0.15, 0.2) is 46.9 Å². The molecule has 4 aromatic heterocycles. The summed E-state index contributed by atoms with van der Waals surface area (Å²) in [6, 6.07) is 14.2. The van der Waals surface area contributed by atoms with Crippen LogP contribution in [0, 0.1) is 19.3 Å². The van der Waals surface area contributed by atoms with Gasteiger partial charge in [0.2, 0.25) is 5.71 Å². The Morgan fingerprint density at radius 3 is 2.55 bits per heavy atom. The lowest BCUT2D eigenvalue weighted by molar-refractivity contribution is 0.414. The van der Waals surface area contributed by atoms with Crippen LogP contribution in [-0.4, -0.2) is 9.97 Å². The number of pyridine rings is 2. The fourth-order valence-corrected chi connectivity index (χ4v) is 4.97. The molecule has 1 aromatic carbocycles. The van der Waals surface area contributed by atoms with Gasteiger partial charge in [-0.15, -0.1) is 11.3 Å². The fraction of sp³-hybridized carbons (Fsp3) is 0.280. The number of nitrogens with zero attached hydrogens (tertiary/aromatic N) is 2. The number of fused-ring (bicyclic) bond motifs is 4. The molecule has 0 amide bonds. The van der Waals surface area contributed by atoms with Crippen molar-refractivity contribution >= 4 is 43.6 Å². The van der Waals surface area contributed by atoms with Gasteiger partial charge in [0.25, 0.3) is 0 Å². The van der Waals surface area contributed by atoms with E-state index in [1.54, 1.807) is 0 Å². The van der Waals surface area contributed by atoms with Crippen molar-refractivity contribution in [2.24, 2.45) is 5.41 Å². The van der Waals surface area contributed by atoms with Crippen LogP contribution in [0.2, 0.25) is 0 Å². The average molecular weight is 403 g/mol. The first-order chi connectivity index (χ1) is 14.6. The second-order valence-electron chi connectivity index (χ2n) is 8.57. The van der Waals surface area contributed by atoms with Gasteiger partial charge in [-0.25, -0.2) is 9.97 Å². The molecule has 0 radical (unpaired) electrons. The van der Waals surface area contributed by atoms with E-state index in [1.165, 1.54) is 11.3 Å². The Balaban J connectivity index is 1.71. The highest BCUT2D eigenvalue weighted by atomic mass is 32.1. The zero-order valence-corrected chi connectivity index (χ0v) is 18.1. The van der Waals surface area contributed by atoms with Crippen molar-refractivity contribution < 1.29 is 7.16 Å². The van der Waals surface area contributed by atoms with Gasteiger partial charge in [-0.3, -0.25) is 0 Å². The molecule has 29 heavy (non-hydrogen) atoms. The standard InChI is InChI=1S/C25H24N2OS/c1-14-9-10-18-17-7-6-8-19(22(17)28-23(18)26-14)20-12-11-16-15(2)21(13-25(3,4)5)29-24(16)27-20/h6-12H,13H2,1-5H3/i13D2. The minimum absolute atomic E-state index is 0.507. The highest BCUT2D eigenvalue weighted by Crippen LogP contribution is 2.38. The number of furan rings is 1. The molecule has 0 saturated carbocycles. The molecular weight excluding hydrogens is 376 g/mol. The van der Waals surface area contributed by atoms with E-state index in [9.17, 15) is 0 Å². The molecule has 0 atom stereocenters. The number of thiophene rings is 1. The molecule has 5 aromatic rings. The smallest absolute Gasteiger partial charge is 0.227 e. The van der Waals surface area contributed by atoms with Crippen LogP contribution in [0.5, 0.6) is 0 Å². The summed E-state index contributed by atoms with van der Waals surface area (Å²) in [7, 11) is 0. The number of benzene rings is 1. The Hall–Kier alpha value is -2.72. The maximum absolute atomic E-state index is 8.72. The highest BCUT2D eigenvalue weighted by Gasteiger charge is 2.19. The Bertz CT molecular complexity index is 1470. The normalized spacial score (nSPS) is 14.0. The first-order valence-corrected chi connectivity index (χ1v) is 10.6. The first kappa shape index (κ1) is 16.1. The van der Waals surface area contributed by atoms with Gasteiger partial charge in [-0.2, -0.15) is 0 Å². The fourth-order valence-electron chi connectivity index (χ4n) is 3.68. The van der Waals surface area contributed by atoms with Gasteiger partial charge in [0.05, 0.1) is 5.69 Å². The summed E-state index contributed by atoms with van der Waals surface area (Å²) in [5.41, 5.74) is 4.53. The van der Waals surface area contributed by atoms with E-state index in [0.717, 1.165) is 54.0 Å². The van der Waals surface area contributed by atoms with Crippen LogP contribution in [0.1, 0.15) is 39.6 Å². The summed E-state index contributed by atoms with van der Waals surface area (Å²) in [5.74, 6) is 0. The van der Waals surface area contributed by atoms with Crippen LogP contribution >= 0.6 is 11.3 Å². The molecule has 0 unspecified atom stereocenters. The molecule has 0 aliphatic rings. The molecule has 3 nitrogen and oxygen atoms in total. The molecular formula is C25H24N2OS. The minimum atomic E-state index is -1.44. The van der Waals surface area contributed by atoms with Gasteiger partial charge in [0.1, 0.15) is 10.4 Å². The van der Waals surface area contributed by atoms with Gasteiger partial charge in [-0.1, -0.05) is 32.9 Å². The number of aryl methyl sites for hydroxylation is 2. The maximum Gasteiger partial charge on any atom is 0.227 e. The third-order valence-electron chi connectivity index (χ3n) is 5.07. The van der Waals surface area contributed by atoms with E-state index >= 15 is 0 Å². The SMILES string of the molecule is [2H]C([2H])(c1sc2nc(-c3cccc4c3oc3nc(C)ccc34)ccc2c1C)C(C)(C)C. The number of para-hydroxylation sites is 1. The predicted octanol–water partition coefficient (Wildman–Crippen LogP) is 7.46. The van der Waals surface area contributed by atoms with Crippen molar-refractivity contribution in [2.75, 3.05) is 0 Å². The lowest BCUT2D eigenvalue weighted by Crippen LogP contribution is -2.08. The van der Waals surface area contributed by atoms with Crippen LogP contribution in [0.4, 0.5) is 0 Å². The van der Waals surface area contributed by atoms with Crippen molar-refractivity contribution in [3.05, 3.63) is 58.6 Å². The number of rotatable bonds is 2. The lowest BCUT2D eigenvalue weighted by Gasteiger charge is -2.17. The molecule has 0 aliphatic carbocycles. The van der Waals surface area contributed by atoms with Crippen LogP contribution in [0.25, 0.3) is 43.5 Å². The molecule has 146 valence electrons. The summed E-state index contributed by atoms with van der Waals surface area (Å²) >= 11 is 1.45. The Labute approximate surface area is 177 Å². The number of hydrogen-bond acceptors (Lipinski definition) is 4. The van der Waals surface area contributed by atoms with E-state index < -0.39 is 11.8 Å². The van der Waals surface area contributed by atoms with E-state index in [1.807, 2.05) is 71.0 Å². The second-order valence-corrected chi connectivity index (χ2v) is 9.57. The lowest BCUT2D eigenvalue weighted by atomic mass is 9.90. The van der Waals surface area contributed by atoms with Crippen LogP contribution < -0.4 is 0 Å². The molecule has 5 rings (SSSR count).